The van der Waals surface area contributed by atoms with Gasteiger partial charge in [0.1, 0.15) is 12.6 Å². The molecule has 0 radical (unpaired) electrons. The van der Waals surface area contributed by atoms with Crippen molar-refractivity contribution >= 4 is 50.7 Å². The van der Waals surface area contributed by atoms with E-state index in [1.807, 2.05) is 6.92 Å². The van der Waals surface area contributed by atoms with E-state index in [4.69, 9.17) is 32.7 Å². The Balaban J connectivity index is 2.06. The van der Waals surface area contributed by atoms with E-state index in [-0.39, 0.29) is 28.8 Å². The predicted molar refractivity (Wildman–Crippen MR) is 170 cm³/mol. The van der Waals surface area contributed by atoms with Crippen LogP contribution in [0.25, 0.3) is 0 Å². The average molecular weight is 651 g/mol. The number of unbranched alkanes of at least 4 members (excludes halogenated alkanes) is 1. The first-order chi connectivity index (χ1) is 20.6. The fourth-order valence-corrected chi connectivity index (χ4v) is 6.24. The number of carbonyl (C=O) groups is 2. The van der Waals surface area contributed by atoms with Gasteiger partial charge in [-0.1, -0.05) is 67.7 Å². The minimum absolute atomic E-state index is 0.00840. The number of amides is 2. The quantitative estimate of drug-likeness (QED) is 0.205. The van der Waals surface area contributed by atoms with Crippen molar-refractivity contribution in [3.05, 3.63) is 82.3 Å². The Bertz CT molecular complexity index is 1500. The van der Waals surface area contributed by atoms with Gasteiger partial charge in [-0.15, -0.1) is 0 Å². The molecule has 0 fully saturated rings. The second-order valence-electron chi connectivity index (χ2n) is 9.70. The van der Waals surface area contributed by atoms with E-state index in [2.05, 4.69) is 5.32 Å². The molecule has 0 aliphatic heterocycles. The van der Waals surface area contributed by atoms with Gasteiger partial charge in [0, 0.05) is 19.2 Å². The van der Waals surface area contributed by atoms with Gasteiger partial charge in [-0.25, -0.2) is 8.42 Å². The number of ether oxygens (including phenoxy) is 2. The molecule has 12 heteroatoms. The first kappa shape index (κ1) is 34.0. The largest absolute Gasteiger partial charge is 0.493 e. The molecular weight excluding hydrogens is 613 g/mol. The molecule has 0 unspecified atom stereocenters. The topological polar surface area (TPSA) is 105 Å². The molecular formula is C31H37Cl2N3O6S. The molecule has 43 heavy (non-hydrogen) atoms. The van der Waals surface area contributed by atoms with Crippen molar-refractivity contribution in [3.63, 3.8) is 0 Å². The highest BCUT2D eigenvalue weighted by atomic mass is 35.5. The fraction of sp³-hybridized carbons (Fsp3) is 0.355. The molecule has 0 saturated carbocycles. The van der Waals surface area contributed by atoms with Gasteiger partial charge in [0.15, 0.2) is 11.5 Å². The van der Waals surface area contributed by atoms with Gasteiger partial charge in [-0.05, 0) is 54.8 Å². The molecule has 0 aliphatic carbocycles. The summed E-state index contributed by atoms with van der Waals surface area (Å²) in [6.07, 6.45) is 1.98. The van der Waals surface area contributed by atoms with Gasteiger partial charge < -0.3 is 19.7 Å². The SMILES string of the molecule is CCCCNC(=O)[C@H](CC)N(Cc1ccc(Cl)c(Cl)c1)C(=O)CN(c1ccccc1)S(=O)(=O)c1ccc(OC)c(OC)c1. The monoisotopic (exact) mass is 649 g/mol. The zero-order valence-corrected chi connectivity index (χ0v) is 27.0. The van der Waals surface area contributed by atoms with Crippen molar-refractivity contribution in [1.29, 1.82) is 0 Å². The zero-order valence-electron chi connectivity index (χ0n) is 24.7. The summed E-state index contributed by atoms with van der Waals surface area (Å²) in [6.45, 7) is 3.72. The van der Waals surface area contributed by atoms with Crippen LogP contribution in [0.4, 0.5) is 5.69 Å². The lowest BCUT2D eigenvalue weighted by molar-refractivity contribution is -0.140. The Labute approximate surface area is 263 Å². The number of methoxy groups -OCH3 is 2. The molecule has 1 atom stereocenters. The van der Waals surface area contributed by atoms with Gasteiger partial charge >= 0.3 is 0 Å². The van der Waals surface area contributed by atoms with E-state index in [0.29, 0.717) is 34.3 Å². The van der Waals surface area contributed by atoms with Crippen molar-refractivity contribution in [2.45, 2.75) is 50.6 Å². The predicted octanol–water partition coefficient (Wildman–Crippen LogP) is 5.93. The van der Waals surface area contributed by atoms with Crippen molar-refractivity contribution < 1.29 is 27.5 Å². The van der Waals surface area contributed by atoms with Crippen molar-refractivity contribution in [1.82, 2.24) is 10.2 Å². The third-order valence-corrected chi connectivity index (χ3v) is 9.33. The lowest BCUT2D eigenvalue weighted by Gasteiger charge is -2.33. The highest BCUT2D eigenvalue weighted by Gasteiger charge is 2.34. The van der Waals surface area contributed by atoms with Crippen LogP contribution in [0, 0.1) is 0 Å². The number of para-hydroxylation sites is 1. The molecule has 0 bridgehead atoms. The second kappa shape index (κ2) is 15.8. The molecule has 1 N–H and O–H groups in total. The maximum atomic E-state index is 14.2. The van der Waals surface area contributed by atoms with Crippen LogP contribution >= 0.6 is 23.2 Å². The molecule has 0 spiro atoms. The molecule has 9 nitrogen and oxygen atoms in total. The first-order valence-corrected chi connectivity index (χ1v) is 16.1. The number of carbonyl (C=O) groups excluding carboxylic acids is 2. The van der Waals surface area contributed by atoms with Gasteiger partial charge in [0.2, 0.25) is 11.8 Å². The van der Waals surface area contributed by atoms with Gasteiger partial charge in [0.05, 0.1) is 34.8 Å². The number of nitrogens with one attached hydrogen (secondary N) is 1. The lowest BCUT2D eigenvalue weighted by Crippen LogP contribution is -2.52. The number of hydrogen-bond donors (Lipinski definition) is 1. The summed E-state index contributed by atoms with van der Waals surface area (Å²) in [6, 6.07) is 16.6. The third-order valence-electron chi connectivity index (χ3n) is 6.82. The number of benzene rings is 3. The number of halogens is 2. The number of nitrogens with zero attached hydrogens (tertiary/aromatic N) is 2. The van der Waals surface area contributed by atoms with Gasteiger partial charge in [0.25, 0.3) is 10.0 Å². The van der Waals surface area contributed by atoms with Crippen LogP contribution in [0.15, 0.2) is 71.6 Å². The summed E-state index contributed by atoms with van der Waals surface area (Å²) in [5.41, 5.74) is 0.914. The van der Waals surface area contributed by atoms with Crippen LogP contribution in [0.3, 0.4) is 0 Å². The Kier molecular flexibility index (Phi) is 12.5. The minimum atomic E-state index is -4.28. The number of rotatable bonds is 15. The molecule has 3 aromatic carbocycles. The van der Waals surface area contributed by atoms with Gasteiger partial charge in [-0.2, -0.15) is 0 Å². The second-order valence-corrected chi connectivity index (χ2v) is 12.4. The molecule has 3 rings (SSSR count). The summed E-state index contributed by atoms with van der Waals surface area (Å²) in [7, 11) is -1.43. The lowest BCUT2D eigenvalue weighted by atomic mass is 10.1. The maximum Gasteiger partial charge on any atom is 0.264 e. The molecule has 232 valence electrons. The van der Waals surface area contributed by atoms with Crippen LogP contribution in [0.5, 0.6) is 11.5 Å². The number of anilines is 1. The average Bonchev–Trinajstić information content (AvgIpc) is 3.01. The van der Waals surface area contributed by atoms with Crippen molar-refractivity contribution in [2.24, 2.45) is 0 Å². The Morgan fingerprint density at radius 1 is 0.907 bits per heavy atom. The number of hydrogen-bond acceptors (Lipinski definition) is 6. The molecule has 0 aliphatic rings. The Morgan fingerprint density at radius 3 is 2.21 bits per heavy atom. The Morgan fingerprint density at radius 2 is 1.60 bits per heavy atom. The highest BCUT2D eigenvalue weighted by molar-refractivity contribution is 7.92. The van der Waals surface area contributed by atoms with E-state index in [9.17, 15) is 18.0 Å². The van der Waals surface area contributed by atoms with Crippen LogP contribution in [-0.4, -0.2) is 58.5 Å². The minimum Gasteiger partial charge on any atom is -0.493 e. The molecule has 0 heterocycles. The maximum absolute atomic E-state index is 14.2. The normalized spacial score (nSPS) is 11.9. The molecule has 0 aromatic heterocycles. The zero-order chi connectivity index (χ0) is 31.6. The van der Waals surface area contributed by atoms with E-state index in [1.165, 1.54) is 37.3 Å². The summed E-state index contributed by atoms with van der Waals surface area (Å²) >= 11 is 12.4. The van der Waals surface area contributed by atoms with Crippen molar-refractivity contribution in [2.75, 3.05) is 31.6 Å². The van der Waals surface area contributed by atoms with E-state index in [1.54, 1.807) is 55.5 Å². The standard InChI is InChI=1S/C31H37Cl2N3O6S/c1-5-7-17-34-31(38)27(6-2)35(20-22-13-15-25(32)26(33)18-22)30(37)21-36(23-11-9-8-10-12-23)43(39,40)24-14-16-28(41-3)29(19-24)42-4/h8-16,18-19,27H,5-7,17,20-21H2,1-4H3,(H,34,38)/t27-/m0/s1. The third kappa shape index (κ3) is 8.55. The number of sulfonamides is 1. The fourth-order valence-electron chi connectivity index (χ4n) is 4.49. The van der Waals surface area contributed by atoms with E-state index < -0.39 is 28.5 Å². The van der Waals surface area contributed by atoms with E-state index >= 15 is 0 Å². The van der Waals surface area contributed by atoms with Crippen LogP contribution in [0.2, 0.25) is 10.0 Å². The smallest absolute Gasteiger partial charge is 0.264 e. The summed E-state index contributed by atoms with van der Waals surface area (Å²) in [5, 5.41) is 3.55. The summed E-state index contributed by atoms with van der Waals surface area (Å²) < 4.78 is 39.8. The van der Waals surface area contributed by atoms with E-state index in [0.717, 1.165) is 17.1 Å². The van der Waals surface area contributed by atoms with Crippen LogP contribution in [0.1, 0.15) is 38.7 Å². The van der Waals surface area contributed by atoms with Crippen LogP contribution < -0.4 is 19.1 Å². The van der Waals surface area contributed by atoms with Gasteiger partial charge in [-0.3, -0.25) is 13.9 Å². The summed E-state index contributed by atoms with van der Waals surface area (Å²) in [4.78, 5) is 28.8. The Hall–Kier alpha value is -3.47. The van der Waals surface area contributed by atoms with Crippen molar-refractivity contribution in [3.8, 4) is 11.5 Å². The highest BCUT2D eigenvalue weighted by Crippen LogP contribution is 2.32. The molecule has 3 aromatic rings. The molecule has 2 amide bonds. The summed E-state index contributed by atoms with van der Waals surface area (Å²) in [5.74, 6) is -0.315. The van der Waals surface area contributed by atoms with Crippen LogP contribution in [-0.2, 0) is 26.2 Å². The first-order valence-electron chi connectivity index (χ1n) is 13.9. The molecule has 0 saturated heterocycles.